The molecule has 0 fully saturated rings. The van der Waals surface area contributed by atoms with Gasteiger partial charge in [-0.1, -0.05) is 45.0 Å². The minimum absolute atomic E-state index is 0.0875. The number of nitrogens with zero attached hydrogens (tertiary/aromatic N) is 1. The molecule has 0 N–H and O–H groups in total. The third-order valence-corrected chi connectivity index (χ3v) is 2.75. The van der Waals surface area contributed by atoms with Crippen molar-refractivity contribution in [2.75, 3.05) is 13.7 Å². The maximum atomic E-state index is 10.5. The van der Waals surface area contributed by atoms with Gasteiger partial charge in [-0.25, -0.2) is 0 Å². The zero-order valence-electron chi connectivity index (χ0n) is 10.8. The van der Waals surface area contributed by atoms with Gasteiger partial charge in [0, 0.05) is 12.0 Å². The van der Waals surface area contributed by atoms with E-state index < -0.39 is 6.10 Å². The normalized spacial score (nSPS) is 13.4. The van der Waals surface area contributed by atoms with E-state index in [9.17, 15) is 10.1 Å². The zero-order valence-corrected chi connectivity index (χ0v) is 10.8. The van der Waals surface area contributed by atoms with Crippen LogP contribution in [-0.2, 0) is 10.2 Å². The minimum atomic E-state index is -0.473. The van der Waals surface area contributed by atoms with E-state index in [4.69, 9.17) is 4.74 Å². The molecule has 0 amide bonds. The van der Waals surface area contributed by atoms with Crippen molar-refractivity contribution in [2.24, 2.45) is 0 Å². The van der Waals surface area contributed by atoms with Gasteiger partial charge in [0.05, 0.1) is 0 Å². The van der Waals surface area contributed by atoms with Crippen LogP contribution in [0.1, 0.15) is 38.0 Å². The zero-order chi connectivity index (χ0) is 13.1. The molecular formula is C13H19NO3. The fraction of sp³-hybridized carbons (Fsp3) is 0.538. The maximum absolute atomic E-state index is 10.5. The largest absolute Gasteiger partial charge is 0.370 e. The second-order valence-corrected chi connectivity index (χ2v) is 5.11. The Hall–Kier alpha value is -1.42. The highest BCUT2D eigenvalue weighted by atomic mass is 16.6. The van der Waals surface area contributed by atoms with Gasteiger partial charge in [0.2, 0.25) is 6.54 Å². The van der Waals surface area contributed by atoms with Crippen LogP contribution in [0.4, 0.5) is 0 Å². The monoisotopic (exact) mass is 237 g/mol. The molecule has 1 unspecified atom stereocenters. The Bertz CT molecular complexity index is 379. The Morgan fingerprint density at radius 1 is 1.29 bits per heavy atom. The first-order valence-electron chi connectivity index (χ1n) is 5.59. The van der Waals surface area contributed by atoms with Crippen LogP contribution in [0.25, 0.3) is 0 Å². The molecular weight excluding hydrogens is 218 g/mol. The van der Waals surface area contributed by atoms with E-state index in [-0.39, 0.29) is 16.9 Å². The number of benzene rings is 1. The third-order valence-electron chi connectivity index (χ3n) is 2.75. The Morgan fingerprint density at radius 2 is 1.82 bits per heavy atom. The van der Waals surface area contributed by atoms with Gasteiger partial charge < -0.3 is 4.74 Å². The summed E-state index contributed by atoms with van der Waals surface area (Å²) in [5.74, 6) is 0. The fourth-order valence-electron chi connectivity index (χ4n) is 1.65. The maximum Gasteiger partial charge on any atom is 0.233 e. The lowest BCUT2D eigenvalue weighted by Gasteiger charge is -2.20. The molecule has 1 rings (SSSR count). The first-order chi connectivity index (χ1) is 7.84. The number of nitro groups is 1. The molecule has 0 bridgehead atoms. The molecule has 0 aliphatic carbocycles. The lowest BCUT2D eigenvalue weighted by Crippen LogP contribution is -2.15. The molecule has 0 spiro atoms. The Kier molecular flexibility index (Phi) is 4.23. The summed E-state index contributed by atoms with van der Waals surface area (Å²) in [7, 11) is 1.49. The van der Waals surface area contributed by atoms with Crippen LogP contribution >= 0.6 is 0 Å². The summed E-state index contributed by atoms with van der Waals surface area (Å²) in [5.41, 5.74) is 2.14. The van der Waals surface area contributed by atoms with E-state index in [1.165, 1.54) is 12.7 Å². The second-order valence-electron chi connectivity index (χ2n) is 5.11. The number of methoxy groups -OCH3 is 1. The average Bonchev–Trinajstić information content (AvgIpc) is 2.24. The van der Waals surface area contributed by atoms with Gasteiger partial charge in [-0.15, -0.1) is 0 Å². The molecule has 1 aromatic carbocycles. The molecule has 4 nitrogen and oxygen atoms in total. The van der Waals surface area contributed by atoms with Crippen LogP contribution in [-0.4, -0.2) is 18.6 Å². The van der Waals surface area contributed by atoms with Gasteiger partial charge in [0.15, 0.2) is 0 Å². The van der Waals surface area contributed by atoms with Crippen molar-refractivity contribution in [2.45, 2.75) is 32.3 Å². The van der Waals surface area contributed by atoms with E-state index in [1.54, 1.807) is 0 Å². The highest BCUT2D eigenvalue weighted by Gasteiger charge is 2.18. The van der Waals surface area contributed by atoms with Crippen molar-refractivity contribution in [3.63, 3.8) is 0 Å². The van der Waals surface area contributed by atoms with Crippen LogP contribution in [0.15, 0.2) is 24.3 Å². The lowest BCUT2D eigenvalue weighted by atomic mass is 9.86. The average molecular weight is 237 g/mol. The summed E-state index contributed by atoms with van der Waals surface area (Å²) >= 11 is 0. The number of rotatable bonds is 4. The van der Waals surface area contributed by atoms with Crippen LogP contribution in [0.2, 0.25) is 0 Å². The van der Waals surface area contributed by atoms with Gasteiger partial charge in [0.25, 0.3) is 0 Å². The van der Waals surface area contributed by atoms with Crippen molar-refractivity contribution in [1.29, 1.82) is 0 Å². The van der Waals surface area contributed by atoms with E-state index in [2.05, 4.69) is 20.8 Å². The quantitative estimate of drug-likeness (QED) is 0.597. The highest BCUT2D eigenvalue weighted by molar-refractivity contribution is 5.28. The molecule has 1 aromatic rings. The summed E-state index contributed by atoms with van der Waals surface area (Å²) < 4.78 is 5.13. The van der Waals surface area contributed by atoms with Gasteiger partial charge in [-0.05, 0) is 16.5 Å². The van der Waals surface area contributed by atoms with Crippen molar-refractivity contribution in [3.05, 3.63) is 45.5 Å². The van der Waals surface area contributed by atoms with E-state index in [0.717, 1.165) is 5.56 Å². The molecule has 0 aliphatic heterocycles. The van der Waals surface area contributed by atoms with Gasteiger partial charge in [-0.3, -0.25) is 10.1 Å². The third kappa shape index (κ3) is 3.82. The number of hydrogen-bond donors (Lipinski definition) is 0. The molecule has 17 heavy (non-hydrogen) atoms. The summed E-state index contributed by atoms with van der Waals surface area (Å²) in [4.78, 5) is 10.1. The molecule has 0 saturated carbocycles. The molecule has 0 aromatic heterocycles. The van der Waals surface area contributed by atoms with Crippen molar-refractivity contribution in [1.82, 2.24) is 0 Å². The minimum Gasteiger partial charge on any atom is -0.370 e. The summed E-state index contributed by atoms with van der Waals surface area (Å²) in [6, 6.07) is 7.80. The first-order valence-corrected chi connectivity index (χ1v) is 5.59. The topological polar surface area (TPSA) is 52.4 Å². The second kappa shape index (κ2) is 5.27. The van der Waals surface area contributed by atoms with E-state index >= 15 is 0 Å². The standard InChI is InChI=1S/C13H19NO3/c1-13(2,3)11-7-5-10(6-8-11)12(17-4)9-14(15)16/h5-8,12H,9H2,1-4H3. The Balaban J connectivity index is 2.89. The van der Waals surface area contributed by atoms with E-state index in [0.29, 0.717) is 0 Å². The molecule has 1 atom stereocenters. The van der Waals surface area contributed by atoms with Crippen molar-refractivity contribution >= 4 is 0 Å². The summed E-state index contributed by atoms with van der Waals surface area (Å²) in [6.45, 7) is 6.19. The Morgan fingerprint density at radius 3 is 2.18 bits per heavy atom. The SMILES string of the molecule is COC(C[N+](=O)[O-])c1ccc(C(C)(C)C)cc1. The molecule has 0 saturated heterocycles. The molecule has 0 aliphatic rings. The van der Waals surface area contributed by atoms with Crippen molar-refractivity contribution in [3.8, 4) is 0 Å². The van der Waals surface area contributed by atoms with Crippen LogP contribution in [0.5, 0.6) is 0 Å². The van der Waals surface area contributed by atoms with Gasteiger partial charge in [-0.2, -0.15) is 0 Å². The predicted octanol–water partition coefficient (Wildman–Crippen LogP) is 2.95. The smallest absolute Gasteiger partial charge is 0.233 e. The van der Waals surface area contributed by atoms with Gasteiger partial charge >= 0.3 is 0 Å². The molecule has 0 heterocycles. The van der Waals surface area contributed by atoms with Crippen LogP contribution in [0, 0.1) is 10.1 Å². The fourth-order valence-corrected chi connectivity index (χ4v) is 1.65. The van der Waals surface area contributed by atoms with Crippen molar-refractivity contribution < 1.29 is 9.66 Å². The lowest BCUT2D eigenvalue weighted by molar-refractivity contribution is -0.492. The number of hydrogen-bond acceptors (Lipinski definition) is 3. The molecule has 94 valence electrons. The summed E-state index contributed by atoms with van der Waals surface area (Å²) in [5, 5.41) is 10.5. The number of ether oxygens (including phenoxy) is 1. The van der Waals surface area contributed by atoms with E-state index in [1.807, 2.05) is 24.3 Å². The summed E-state index contributed by atoms with van der Waals surface area (Å²) in [6.07, 6.45) is -0.473. The highest BCUT2D eigenvalue weighted by Crippen LogP contribution is 2.24. The van der Waals surface area contributed by atoms with Gasteiger partial charge in [0.1, 0.15) is 6.10 Å². The van der Waals surface area contributed by atoms with Crippen LogP contribution < -0.4 is 0 Å². The predicted molar refractivity (Wildman–Crippen MR) is 66.8 cm³/mol. The van der Waals surface area contributed by atoms with Crippen LogP contribution in [0.3, 0.4) is 0 Å². The Labute approximate surface area is 102 Å². The molecule has 4 heteroatoms. The molecule has 0 radical (unpaired) electrons. The first kappa shape index (κ1) is 13.6.